The number of hydrogen-bond donors (Lipinski definition) is 1. The van der Waals surface area contributed by atoms with E-state index in [-0.39, 0.29) is 5.69 Å². The smallest absolute Gasteiger partial charge is 0.330 e. The molecule has 0 aliphatic heterocycles. The van der Waals surface area contributed by atoms with Crippen molar-refractivity contribution in [3.8, 4) is 11.3 Å². The maximum atomic E-state index is 12.2. The zero-order chi connectivity index (χ0) is 14.0. The fourth-order valence-electron chi connectivity index (χ4n) is 1.56. The van der Waals surface area contributed by atoms with Gasteiger partial charge in [0.15, 0.2) is 5.69 Å². The Morgan fingerprint density at radius 3 is 2.42 bits per heavy atom. The predicted molar refractivity (Wildman–Crippen MR) is 69.0 cm³/mol. The molecule has 19 heavy (non-hydrogen) atoms. The summed E-state index contributed by atoms with van der Waals surface area (Å²) in [5.41, 5.74) is -1.04. The van der Waals surface area contributed by atoms with Crippen molar-refractivity contribution in [2.75, 3.05) is 14.1 Å². The van der Waals surface area contributed by atoms with Crippen LogP contribution in [0.2, 0.25) is 0 Å². The number of aromatic amines is 1. The third-order valence-corrected chi connectivity index (χ3v) is 2.49. The van der Waals surface area contributed by atoms with Gasteiger partial charge in [-0.15, -0.1) is 0 Å². The Kier molecular flexibility index (Phi) is 3.28. The van der Waals surface area contributed by atoms with E-state index >= 15 is 0 Å². The Morgan fingerprint density at radius 2 is 1.84 bits per heavy atom. The number of carbonyl (C=O) groups is 1. The highest BCUT2D eigenvalue weighted by Crippen LogP contribution is 2.09. The molecule has 1 amide bonds. The molecule has 0 saturated heterocycles. The summed E-state index contributed by atoms with van der Waals surface area (Å²) in [6.07, 6.45) is 0. The molecule has 1 aromatic heterocycles. The van der Waals surface area contributed by atoms with Gasteiger partial charge in [-0.3, -0.25) is 4.79 Å². The highest BCUT2D eigenvalue weighted by atomic mass is 16.2. The molecule has 7 nitrogen and oxygen atoms in total. The topological polar surface area (TPSA) is 88.1 Å². The van der Waals surface area contributed by atoms with E-state index in [2.05, 4.69) is 10.2 Å². The van der Waals surface area contributed by atoms with Crippen LogP contribution in [0.15, 0.2) is 39.9 Å². The fraction of sp³-hybridized carbons (Fsp3) is 0.167. The maximum absolute atomic E-state index is 12.2. The van der Waals surface area contributed by atoms with Crippen molar-refractivity contribution in [3.05, 3.63) is 51.2 Å². The monoisotopic (exact) mass is 260 g/mol. The highest BCUT2D eigenvalue weighted by Gasteiger charge is 2.17. The molecule has 1 N–H and O–H groups in total. The van der Waals surface area contributed by atoms with Crippen LogP contribution in [0.3, 0.4) is 0 Å². The van der Waals surface area contributed by atoms with Gasteiger partial charge < -0.3 is 4.90 Å². The summed E-state index contributed by atoms with van der Waals surface area (Å²) >= 11 is 0. The summed E-state index contributed by atoms with van der Waals surface area (Å²) in [6, 6.07) is 7.89. The molecule has 2 aromatic rings. The van der Waals surface area contributed by atoms with Gasteiger partial charge >= 0.3 is 11.7 Å². The van der Waals surface area contributed by atoms with E-state index in [4.69, 9.17) is 0 Å². The average Bonchev–Trinajstić information content (AvgIpc) is 2.39. The molecule has 7 heteroatoms. The molecule has 98 valence electrons. The van der Waals surface area contributed by atoms with Crippen LogP contribution in [0.25, 0.3) is 11.3 Å². The van der Waals surface area contributed by atoms with Crippen molar-refractivity contribution in [1.29, 1.82) is 0 Å². The lowest BCUT2D eigenvalue weighted by Crippen LogP contribution is -2.45. The van der Waals surface area contributed by atoms with E-state index in [9.17, 15) is 14.4 Å². The van der Waals surface area contributed by atoms with E-state index in [1.807, 2.05) is 0 Å². The number of hydrogen-bond acceptors (Lipinski definition) is 4. The molecule has 0 atom stereocenters. The summed E-state index contributed by atoms with van der Waals surface area (Å²) in [5.74, 6) is 0. The molecule has 0 fully saturated rings. The first-order valence-electron chi connectivity index (χ1n) is 5.51. The number of amides is 1. The van der Waals surface area contributed by atoms with E-state index in [0.29, 0.717) is 10.1 Å². The number of nitrogens with one attached hydrogen (secondary N) is 1. The summed E-state index contributed by atoms with van der Waals surface area (Å²) in [6.45, 7) is 0. The fourth-order valence-corrected chi connectivity index (χ4v) is 1.56. The van der Waals surface area contributed by atoms with Gasteiger partial charge in [-0.1, -0.05) is 30.3 Å². The second kappa shape index (κ2) is 4.89. The Balaban J connectivity index is 2.69. The first-order chi connectivity index (χ1) is 9.02. The van der Waals surface area contributed by atoms with Gasteiger partial charge in [-0.2, -0.15) is 9.67 Å². The third kappa shape index (κ3) is 2.30. The standard InChI is InChI=1S/C12H12N4O3/c1-15(2)12(19)16-10(17)9(13-14-11(16)18)8-6-4-3-5-7-8/h3-7H,1-2H3,(H,14,18). The number of benzene rings is 1. The van der Waals surface area contributed by atoms with Crippen LogP contribution in [0.5, 0.6) is 0 Å². The zero-order valence-electron chi connectivity index (χ0n) is 10.5. The molecule has 1 heterocycles. The lowest BCUT2D eigenvalue weighted by molar-refractivity contribution is 0.217. The van der Waals surface area contributed by atoms with E-state index in [0.717, 1.165) is 4.90 Å². The van der Waals surface area contributed by atoms with Crippen LogP contribution in [0, 0.1) is 0 Å². The second-order valence-electron chi connectivity index (χ2n) is 4.06. The van der Waals surface area contributed by atoms with Gasteiger partial charge in [0.05, 0.1) is 0 Å². The molecular weight excluding hydrogens is 248 g/mol. The molecule has 2 rings (SSSR count). The molecule has 0 radical (unpaired) electrons. The molecule has 0 saturated carbocycles. The zero-order valence-corrected chi connectivity index (χ0v) is 10.5. The summed E-state index contributed by atoms with van der Waals surface area (Å²) in [4.78, 5) is 36.7. The summed E-state index contributed by atoms with van der Waals surface area (Å²) < 4.78 is 0.523. The number of aromatic nitrogens is 3. The number of nitrogens with zero attached hydrogens (tertiary/aromatic N) is 3. The van der Waals surface area contributed by atoms with E-state index in [1.54, 1.807) is 30.3 Å². The van der Waals surface area contributed by atoms with Gasteiger partial charge in [-0.25, -0.2) is 14.7 Å². The molecule has 0 bridgehead atoms. The molecule has 0 aliphatic rings. The summed E-state index contributed by atoms with van der Waals surface area (Å²) in [7, 11) is 2.91. The lowest BCUT2D eigenvalue weighted by Gasteiger charge is -2.11. The normalized spacial score (nSPS) is 10.2. The molecule has 0 spiro atoms. The van der Waals surface area contributed by atoms with Crippen LogP contribution in [0.1, 0.15) is 0 Å². The van der Waals surface area contributed by atoms with Crippen molar-refractivity contribution in [2.45, 2.75) is 0 Å². The molecule has 1 aromatic carbocycles. The van der Waals surface area contributed by atoms with Gasteiger partial charge in [0, 0.05) is 19.7 Å². The third-order valence-electron chi connectivity index (χ3n) is 2.49. The maximum Gasteiger partial charge on any atom is 0.353 e. The van der Waals surface area contributed by atoms with Crippen molar-refractivity contribution >= 4 is 6.03 Å². The van der Waals surface area contributed by atoms with Crippen LogP contribution in [-0.4, -0.2) is 39.8 Å². The van der Waals surface area contributed by atoms with Crippen molar-refractivity contribution < 1.29 is 4.79 Å². The highest BCUT2D eigenvalue weighted by molar-refractivity contribution is 5.76. The minimum atomic E-state index is -0.858. The van der Waals surface area contributed by atoms with Crippen LogP contribution < -0.4 is 11.2 Å². The number of carbonyl (C=O) groups excluding carboxylic acids is 1. The SMILES string of the molecule is CN(C)C(=O)n1c(=O)[nH]nc(-c2ccccc2)c1=O. The Bertz CT molecular complexity index is 716. The number of H-pyrrole nitrogens is 1. The molecule has 0 unspecified atom stereocenters. The average molecular weight is 260 g/mol. The minimum absolute atomic E-state index is 0.0235. The van der Waals surface area contributed by atoms with Crippen molar-refractivity contribution in [2.24, 2.45) is 0 Å². The quantitative estimate of drug-likeness (QED) is 0.789. The van der Waals surface area contributed by atoms with Crippen molar-refractivity contribution in [1.82, 2.24) is 19.7 Å². The first-order valence-corrected chi connectivity index (χ1v) is 5.51. The lowest BCUT2D eigenvalue weighted by atomic mass is 10.2. The largest absolute Gasteiger partial charge is 0.353 e. The van der Waals surface area contributed by atoms with Gasteiger partial charge in [0.25, 0.3) is 5.56 Å². The van der Waals surface area contributed by atoms with E-state index in [1.165, 1.54) is 14.1 Å². The van der Waals surface area contributed by atoms with E-state index < -0.39 is 17.3 Å². The Labute approximate surface area is 108 Å². The minimum Gasteiger partial charge on any atom is -0.330 e. The van der Waals surface area contributed by atoms with Gasteiger partial charge in [0.1, 0.15) is 0 Å². The van der Waals surface area contributed by atoms with Crippen LogP contribution >= 0.6 is 0 Å². The van der Waals surface area contributed by atoms with Crippen LogP contribution in [-0.2, 0) is 0 Å². The van der Waals surface area contributed by atoms with Gasteiger partial charge in [-0.05, 0) is 0 Å². The Morgan fingerprint density at radius 1 is 1.21 bits per heavy atom. The molecular formula is C12H12N4O3. The second-order valence-corrected chi connectivity index (χ2v) is 4.06. The summed E-state index contributed by atoms with van der Waals surface area (Å²) in [5, 5.41) is 5.86. The predicted octanol–water partition coefficient (Wildman–Crippen LogP) is 0.128. The van der Waals surface area contributed by atoms with Crippen LogP contribution in [0.4, 0.5) is 4.79 Å². The van der Waals surface area contributed by atoms with Crippen molar-refractivity contribution in [3.63, 3.8) is 0 Å². The molecule has 0 aliphatic carbocycles. The number of rotatable bonds is 1. The first kappa shape index (κ1) is 12.7. The van der Waals surface area contributed by atoms with Gasteiger partial charge in [0.2, 0.25) is 0 Å². The Hall–Kier alpha value is -2.70.